The summed E-state index contributed by atoms with van der Waals surface area (Å²) in [6, 6.07) is 11.3. The van der Waals surface area contributed by atoms with Crippen molar-refractivity contribution < 1.29 is 5.11 Å². The van der Waals surface area contributed by atoms with Crippen molar-refractivity contribution in [2.45, 2.75) is 38.3 Å². The molecule has 1 aliphatic rings. The largest absolute Gasteiger partial charge is 0.385 e. The lowest BCUT2D eigenvalue weighted by molar-refractivity contribution is 0.0374. The minimum atomic E-state index is -0.450. The second kappa shape index (κ2) is 7.28. The van der Waals surface area contributed by atoms with Gasteiger partial charge in [0.15, 0.2) is 0 Å². The highest BCUT2D eigenvalue weighted by molar-refractivity contribution is 5.19. The van der Waals surface area contributed by atoms with E-state index in [1.807, 2.05) is 17.8 Å². The third kappa shape index (κ3) is 3.48. The average molecular weight is 313 g/mol. The van der Waals surface area contributed by atoms with Gasteiger partial charge in [0.05, 0.1) is 0 Å². The Morgan fingerprint density at radius 1 is 1.22 bits per heavy atom. The van der Waals surface area contributed by atoms with E-state index in [2.05, 4.69) is 47.1 Å². The molecule has 1 aromatic heterocycles. The SMILES string of the molecule is CCC(c1ccccc1)N1CCC(C(O)c2nccn2C)CC1. The number of aromatic nitrogens is 2. The molecule has 1 fully saturated rings. The van der Waals surface area contributed by atoms with Gasteiger partial charge in [-0.05, 0) is 43.8 Å². The molecule has 0 saturated carbocycles. The second-order valence-corrected chi connectivity index (χ2v) is 6.55. The summed E-state index contributed by atoms with van der Waals surface area (Å²) in [6.07, 6.45) is 6.38. The van der Waals surface area contributed by atoms with Crippen molar-refractivity contribution in [1.82, 2.24) is 14.5 Å². The zero-order valence-electron chi connectivity index (χ0n) is 14.1. The van der Waals surface area contributed by atoms with Crippen LogP contribution in [0.3, 0.4) is 0 Å². The maximum atomic E-state index is 10.6. The molecule has 1 aromatic carbocycles. The van der Waals surface area contributed by atoms with E-state index >= 15 is 0 Å². The zero-order chi connectivity index (χ0) is 16.2. The van der Waals surface area contributed by atoms with Gasteiger partial charge < -0.3 is 9.67 Å². The van der Waals surface area contributed by atoms with Crippen LogP contribution in [-0.2, 0) is 7.05 Å². The van der Waals surface area contributed by atoms with Gasteiger partial charge in [-0.2, -0.15) is 0 Å². The number of rotatable bonds is 5. The maximum Gasteiger partial charge on any atom is 0.137 e. The number of hydrogen-bond acceptors (Lipinski definition) is 3. The highest BCUT2D eigenvalue weighted by atomic mass is 16.3. The Kier molecular flexibility index (Phi) is 5.13. The van der Waals surface area contributed by atoms with Gasteiger partial charge >= 0.3 is 0 Å². The molecule has 4 heteroatoms. The van der Waals surface area contributed by atoms with E-state index in [0.717, 1.165) is 38.2 Å². The molecule has 1 saturated heterocycles. The van der Waals surface area contributed by atoms with Crippen LogP contribution in [0, 0.1) is 5.92 Å². The molecule has 0 radical (unpaired) electrons. The maximum absolute atomic E-state index is 10.6. The number of likely N-dealkylation sites (tertiary alicyclic amines) is 1. The Morgan fingerprint density at radius 2 is 1.91 bits per heavy atom. The first-order chi connectivity index (χ1) is 11.2. The van der Waals surface area contributed by atoms with E-state index in [1.165, 1.54) is 5.56 Å². The van der Waals surface area contributed by atoms with Crippen molar-refractivity contribution in [3.05, 3.63) is 54.1 Å². The van der Waals surface area contributed by atoms with Gasteiger partial charge in [-0.15, -0.1) is 0 Å². The van der Waals surface area contributed by atoms with Gasteiger partial charge in [0, 0.05) is 25.5 Å². The third-order valence-corrected chi connectivity index (χ3v) is 5.16. The predicted molar refractivity (Wildman–Crippen MR) is 91.9 cm³/mol. The minimum Gasteiger partial charge on any atom is -0.385 e. The Morgan fingerprint density at radius 3 is 2.48 bits per heavy atom. The Bertz CT molecular complexity index is 602. The second-order valence-electron chi connectivity index (χ2n) is 6.55. The van der Waals surface area contributed by atoms with Gasteiger partial charge in [0.1, 0.15) is 11.9 Å². The summed E-state index contributed by atoms with van der Waals surface area (Å²) in [5.74, 6) is 1.10. The summed E-state index contributed by atoms with van der Waals surface area (Å²) in [6.45, 7) is 4.34. The number of nitrogens with zero attached hydrogens (tertiary/aromatic N) is 3. The monoisotopic (exact) mass is 313 g/mol. The summed E-state index contributed by atoms with van der Waals surface area (Å²) in [5, 5.41) is 10.6. The summed E-state index contributed by atoms with van der Waals surface area (Å²) in [7, 11) is 1.95. The molecule has 124 valence electrons. The van der Waals surface area contributed by atoms with Crippen LogP contribution >= 0.6 is 0 Å². The van der Waals surface area contributed by atoms with E-state index < -0.39 is 6.10 Å². The number of imidazole rings is 1. The fraction of sp³-hybridized carbons (Fsp3) is 0.526. The molecule has 1 aliphatic heterocycles. The third-order valence-electron chi connectivity index (χ3n) is 5.16. The van der Waals surface area contributed by atoms with E-state index in [4.69, 9.17) is 0 Å². The molecule has 2 aromatic rings. The molecule has 0 amide bonds. The molecule has 1 N–H and O–H groups in total. The molecule has 2 atom stereocenters. The summed E-state index contributed by atoms with van der Waals surface area (Å²) >= 11 is 0. The lowest BCUT2D eigenvalue weighted by Gasteiger charge is -2.38. The summed E-state index contributed by atoms with van der Waals surface area (Å²) in [4.78, 5) is 6.87. The van der Waals surface area contributed by atoms with E-state index in [-0.39, 0.29) is 0 Å². The Labute approximate surface area is 138 Å². The number of piperidine rings is 1. The topological polar surface area (TPSA) is 41.3 Å². The molecule has 0 aliphatic carbocycles. The van der Waals surface area contributed by atoms with Crippen LogP contribution < -0.4 is 0 Å². The molecule has 2 heterocycles. The van der Waals surface area contributed by atoms with Crippen molar-refractivity contribution in [2.24, 2.45) is 13.0 Å². The number of benzene rings is 1. The number of aliphatic hydroxyl groups excluding tert-OH is 1. The first-order valence-corrected chi connectivity index (χ1v) is 8.65. The van der Waals surface area contributed by atoms with Crippen LogP contribution in [0.2, 0.25) is 0 Å². The molecule has 0 bridgehead atoms. The van der Waals surface area contributed by atoms with E-state index in [9.17, 15) is 5.11 Å². The van der Waals surface area contributed by atoms with E-state index in [0.29, 0.717) is 12.0 Å². The number of aryl methyl sites for hydroxylation is 1. The molecule has 3 rings (SSSR count). The minimum absolute atomic E-state index is 0.306. The lowest BCUT2D eigenvalue weighted by Crippen LogP contribution is -2.38. The van der Waals surface area contributed by atoms with Crippen LogP contribution in [0.1, 0.15) is 49.7 Å². The average Bonchev–Trinajstić information content (AvgIpc) is 3.02. The van der Waals surface area contributed by atoms with Gasteiger partial charge in [-0.1, -0.05) is 37.3 Å². The standard InChI is InChI=1S/C19H27N3O/c1-3-17(15-7-5-4-6-8-15)22-12-9-16(10-13-22)18(23)19-20-11-14-21(19)2/h4-8,11,14,16-18,23H,3,9-10,12-13H2,1-2H3. The first-order valence-electron chi connectivity index (χ1n) is 8.65. The fourth-order valence-electron chi connectivity index (χ4n) is 3.80. The summed E-state index contributed by atoms with van der Waals surface area (Å²) < 4.78 is 1.93. The zero-order valence-corrected chi connectivity index (χ0v) is 14.1. The quantitative estimate of drug-likeness (QED) is 0.920. The van der Waals surface area contributed by atoms with Crippen molar-refractivity contribution >= 4 is 0 Å². The molecule has 23 heavy (non-hydrogen) atoms. The van der Waals surface area contributed by atoms with E-state index in [1.54, 1.807) is 6.20 Å². The number of hydrogen-bond donors (Lipinski definition) is 1. The van der Waals surface area contributed by atoms with Crippen molar-refractivity contribution in [3.8, 4) is 0 Å². The van der Waals surface area contributed by atoms with Gasteiger partial charge in [0.2, 0.25) is 0 Å². The molecular weight excluding hydrogens is 286 g/mol. The number of aliphatic hydroxyl groups is 1. The smallest absolute Gasteiger partial charge is 0.137 e. The van der Waals surface area contributed by atoms with Gasteiger partial charge in [-0.25, -0.2) is 4.98 Å². The van der Waals surface area contributed by atoms with Crippen LogP contribution in [-0.4, -0.2) is 32.6 Å². The van der Waals surface area contributed by atoms with Crippen LogP contribution in [0.5, 0.6) is 0 Å². The predicted octanol–water partition coefficient (Wildman–Crippen LogP) is 3.32. The van der Waals surface area contributed by atoms with Crippen LogP contribution in [0.4, 0.5) is 0 Å². The highest BCUT2D eigenvalue weighted by Crippen LogP contribution is 2.34. The molecule has 0 spiro atoms. The Hall–Kier alpha value is -1.65. The molecule has 4 nitrogen and oxygen atoms in total. The summed E-state index contributed by atoms with van der Waals surface area (Å²) in [5.41, 5.74) is 1.40. The van der Waals surface area contributed by atoms with Crippen molar-refractivity contribution in [1.29, 1.82) is 0 Å². The highest BCUT2D eigenvalue weighted by Gasteiger charge is 2.30. The normalized spacial score (nSPS) is 19.6. The van der Waals surface area contributed by atoms with Crippen LogP contribution in [0.15, 0.2) is 42.7 Å². The van der Waals surface area contributed by atoms with Gasteiger partial charge in [-0.3, -0.25) is 4.90 Å². The van der Waals surface area contributed by atoms with Crippen molar-refractivity contribution in [2.75, 3.05) is 13.1 Å². The molecule has 2 unspecified atom stereocenters. The Balaban J connectivity index is 1.63. The van der Waals surface area contributed by atoms with Gasteiger partial charge in [0.25, 0.3) is 0 Å². The fourth-order valence-corrected chi connectivity index (χ4v) is 3.80. The molecular formula is C19H27N3O. The lowest BCUT2D eigenvalue weighted by atomic mass is 9.89. The van der Waals surface area contributed by atoms with Crippen LogP contribution in [0.25, 0.3) is 0 Å². The van der Waals surface area contributed by atoms with Crippen molar-refractivity contribution in [3.63, 3.8) is 0 Å². The first kappa shape index (κ1) is 16.2.